The van der Waals surface area contributed by atoms with Crippen LogP contribution in [0.25, 0.3) is 0 Å². The molecule has 20 heavy (non-hydrogen) atoms. The van der Waals surface area contributed by atoms with Gasteiger partial charge in [0.15, 0.2) is 11.5 Å². The van der Waals surface area contributed by atoms with Crippen LogP contribution in [0.4, 0.5) is 0 Å². The van der Waals surface area contributed by atoms with Crippen LogP contribution in [-0.2, 0) is 11.2 Å². The van der Waals surface area contributed by atoms with E-state index in [4.69, 9.17) is 14.6 Å². The van der Waals surface area contributed by atoms with Crippen molar-refractivity contribution < 1.29 is 19.4 Å². The SMILES string of the molecule is CCC(Cc1ccc2c(c1)OCO2)N(C)CCC(=O)O. The zero-order valence-electron chi connectivity index (χ0n) is 12.0. The third-order valence-electron chi connectivity index (χ3n) is 3.68. The molecule has 0 spiro atoms. The average molecular weight is 279 g/mol. The molecule has 0 radical (unpaired) electrons. The van der Waals surface area contributed by atoms with Gasteiger partial charge in [-0.15, -0.1) is 0 Å². The third kappa shape index (κ3) is 3.63. The summed E-state index contributed by atoms with van der Waals surface area (Å²) in [4.78, 5) is 12.8. The summed E-state index contributed by atoms with van der Waals surface area (Å²) in [6.07, 6.45) is 2.03. The van der Waals surface area contributed by atoms with E-state index in [-0.39, 0.29) is 13.2 Å². The molecule has 0 aromatic heterocycles. The molecule has 110 valence electrons. The lowest BCUT2D eigenvalue weighted by molar-refractivity contribution is -0.137. The predicted octanol–water partition coefficient (Wildman–Crippen LogP) is 2.14. The van der Waals surface area contributed by atoms with Crippen LogP contribution in [-0.4, -0.2) is 42.4 Å². The first-order chi connectivity index (χ1) is 9.60. The van der Waals surface area contributed by atoms with Crippen LogP contribution in [0, 0.1) is 0 Å². The topological polar surface area (TPSA) is 59.0 Å². The average Bonchev–Trinajstić information content (AvgIpc) is 2.89. The minimum absolute atomic E-state index is 0.175. The van der Waals surface area contributed by atoms with Crippen molar-refractivity contribution in [3.05, 3.63) is 23.8 Å². The van der Waals surface area contributed by atoms with Crippen molar-refractivity contribution in [3.8, 4) is 11.5 Å². The summed E-state index contributed by atoms with van der Waals surface area (Å²) in [5.41, 5.74) is 1.18. The second-order valence-electron chi connectivity index (χ2n) is 5.08. The highest BCUT2D eigenvalue weighted by Crippen LogP contribution is 2.33. The molecular formula is C15H21NO4. The monoisotopic (exact) mass is 279 g/mol. The number of likely N-dealkylation sites (N-methyl/N-ethyl adjacent to an activating group) is 1. The predicted molar refractivity (Wildman–Crippen MR) is 75.2 cm³/mol. The number of carboxylic acid groups (broad SMARTS) is 1. The van der Waals surface area contributed by atoms with Crippen molar-refractivity contribution in [2.45, 2.75) is 32.2 Å². The molecule has 0 saturated carbocycles. The van der Waals surface area contributed by atoms with Gasteiger partial charge in [-0.05, 0) is 37.6 Å². The quantitative estimate of drug-likeness (QED) is 0.828. The van der Waals surface area contributed by atoms with Crippen molar-refractivity contribution >= 4 is 5.97 Å². The highest BCUT2D eigenvalue weighted by molar-refractivity contribution is 5.66. The Morgan fingerprint density at radius 2 is 2.15 bits per heavy atom. The summed E-state index contributed by atoms with van der Waals surface area (Å²) >= 11 is 0. The Morgan fingerprint density at radius 3 is 2.85 bits per heavy atom. The summed E-state index contributed by atoms with van der Waals surface area (Å²) < 4.78 is 10.7. The van der Waals surface area contributed by atoms with Crippen LogP contribution in [0.1, 0.15) is 25.3 Å². The fourth-order valence-corrected chi connectivity index (χ4v) is 2.41. The van der Waals surface area contributed by atoms with Crippen molar-refractivity contribution in [2.75, 3.05) is 20.4 Å². The Hall–Kier alpha value is -1.75. The van der Waals surface area contributed by atoms with Crippen LogP contribution in [0.15, 0.2) is 18.2 Å². The van der Waals surface area contributed by atoms with Gasteiger partial charge in [0.05, 0.1) is 6.42 Å². The maximum atomic E-state index is 10.6. The summed E-state index contributed by atoms with van der Waals surface area (Å²) in [5, 5.41) is 8.76. The summed E-state index contributed by atoms with van der Waals surface area (Å²) in [7, 11) is 1.98. The van der Waals surface area contributed by atoms with Gasteiger partial charge in [0, 0.05) is 12.6 Å². The number of carboxylic acids is 1. The van der Waals surface area contributed by atoms with Crippen LogP contribution < -0.4 is 9.47 Å². The molecular weight excluding hydrogens is 258 g/mol. The Morgan fingerprint density at radius 1 is 1.40 bits per heavy atom. The highest BCUT2D eigenvalue weighted by atomic mass is 16.7. The molecule has 0 aliphatic carbocycles. The lowest BCUT2D eigenvalue weighted by Crippen LogP contribution is -2.34. The van der Waals surface area contributed by atoms with Gasteiger partial charge in [0.1, 0.15) is 0 Å². The highest BCUT2D eigenvalue weighted by Gasteiger charge is 2.17. The maximum Gasteiger partial charge on any atom is 0.304 e. The van der Waals surface area contributed by atoms with Gasteiger partial charge in [-0.1, -0.05) is 13.0 Å². The van der Waals surface area contributed by atoms with E-state index >= 15 is 0 Å². The molecule has 5 nitrogen and oxygen atoms in total. The van der Waals surface area contributed by atoms with Crippen molar-refractivity contribution in [1.29, 1.82) is 0 Å². The zero-order chi connectivity index (χ0) is 14.5. The van der Waals surface area contributed by atoms with Gasteiger partial charge in [-0.2, -0.15) is 0 Å². The molecule has 1 N–H and O–H groups in total. The van der Waals surface area contributed by atoms with E-state index in [9.17, 15) is 4.79 Å². The molecule has 0 bridgehead atoms. The second-order valence-corrected chi connectivity index (χ2v) is 5.08. The number of aliphatic carboxylic acids is 1. The summed E-state index contributed by atoms with van der Waals surface area (Å²) in [5.74, 6) is 0.835. The van der Waals surface area contributed by atoms with Gasteiger partial charge in [0.2, 0.25) is 6.79 Å². The first kappa shape index (κ1) is 14.7. The van der Waals surface area contributed by atoms with E-state index in [0.717, 1.165) is 24.3 Å². The van der Waals surface area contributed by atoms with Gasteiger partial charge >= 0.3 is 5.97 Å². The molecule has 0 amide bonds. The maximum absolute atomic E-state index is 10.6. The minimum atomic E-state index is -0.755. The van der Waals surface area contributed by atoms with E-state index in [1.807, 2.05) is 25.2 Å². The fourth-order valence-electron chi connectivity index (χ4n) is 2.41. The minimum Gasteiger partial charge on any atom is -0.481 e. The number of ether oxygens (including phenoxy) is 2. The Labute approximate surface area is 119 Å². The fraction of sp³-hybridized carbons (Fsp3) is 0.533. The van der Waals surface area contributed by atoms with Crippen molar-refractivity contribution in [3.63, 3.8) is 0 Å². The largest absolute Gasteiger partial charge is 0.481 e. The number of nitrogens with zero attached hydrogens (tertiary/aromatic N) is 1. The van der Waals surface area contributed by atoms with Gasteiger partial charge < -0.3 is 19.5 Å². The molecule has 5 heteroatoms. The Kier molecular flexibility index (Phi) is 4.84. The first-order valence-electron chi connectivity index (χ1n) is 6.90. The van der Waals surface area contributed by atoms with Gasteiger partial charge in [0.25, 0.3) is 0 Å². The van der Waals surface area contributed by atoms with E-state index in [1.165, 1.54) is 5.56 Å². The van der Waals surface area contributed by atoms with Crippen LogP contribution in [0.5, 0.6) is 11.5 Å². The smallest absolute Gasteiger partial charge is 0.304 e. The van der Waals surface area contributed by atoms with Crippen molar-refractivity contribution in [2.24, 2.45) is 0 Å². The molecule has 2 rings (SSSR count). The molecule has 1 heterocycles. The number of benzene rings is 1. The molecule has 1 aliphatic heterocycles. The second kappa shape index (κ2) is 6.61. The number of rotatable bonds is 7. The van der Waals surface area contributed by atoms with E-state index in [0.29, 0.717) is 12.6 Å². The van der Waals surface area contributed by atoms with Gasteiger partial charge in [-0.25, -0.2) is 0 Å². The molecule has 0 fully saturated rings. The lowest BCUT2D eigenvalue weighted by Gasteiger charge is -2.26. The summed E-state index contributed by atoms with van der Waals surface area (Å²) in [6.45, 7) is 2.97. The Bertz CT molecular complexity index is 475. The van der Waals surface area contributed by atoms with E-state index in [2.05, 4.69) is 11.8 Å². The molecule has 1 aromatic carbocycles. The zero-order valence-corrected chi connectivity index (χ0v) is 12.0. The van der Waals surface area contributed by atoms with Crippen LogP contribution in [0.2, 0.25) is 0 Å². The molecule has 1 aromatic rings. The number of fused-ring (bicyclic) bond motifs is 1. The lowest BCUT2D eigenvalue weighted by atomic mass is 10.0. The normalized spacial score (nSPS) is 14.6. The number of hydrogen-bond donors (Lipinski definition) is 1. The molecule has 1 atom stereocenters. The molecule has 1 aliphatic rings. The summed E-state index contributed by atoms with van der Waals surface area (Å²) in [6, 6.07) is 6.31. The van der Waals surface area contributed by atoms with Crippen molar-refractivity contribution in [1.82, 2.24) is 4.90 Å². The standard InChI is InChI=1S/C15H21NO4/c1-3-12(16(2)7-6-15(17)18)8-11-4-5-13-14(9-11)20-10-19-13/h4-5,9,12H,3,6-8,10H2,1-2H3,(H,17,18). The third-order valence-corrected chi connectivity index (χ3v) is 3.68. The van der Waals surface area contributed by atoms with Crippen LogP contribution in [0.3, 0.4) is 0 Å². The number of hydrogen-bond acceptors (Lipinski definition) is 4. The van der Waals surface area contributed by atoms with E-state index in [1.54, 1.807) is 0 Å². The molecule has 0 saturated heterocycles. The number of carbonyl (C=O) groups is 1. The van der Waals surface area contributed by atoms with Gasteiger partial charge in [-0.3, -0.25) is 4.79 Å². The molecule has 1 unspecified atom stereocenters. The first-order valence-corrected chi connectivity index (χ1v) is 6.90. The van der Waals surface area contributed by atoms with E-state index < -0.39 is 5.97 Å². The van der Waals surface area contributed by atoms with Crippen LogP contribution >= 0.6 is 0 Å². The Balaban J connectivity index is 1.97.